The molecule has 1 aromatic carbocycles. The van der Waals surface area contributed by atoms with E-state index in [1.54, 1.807) is 16.9 Å². The average molecular weight is 516 g/mol. The molecule has 0 spiro atoms. The van der Waals surface area contributed by atoms with Crippen LogP contribution in [0.25, 0.3) is 27.9 Å². The van der Waals surface area contributed by atoms with Crippen molar-refractivity contribution in [2.45, 2.75) is 31.4 Å². The Labute approximate surface area is 215 Å². The molecule has 1 atom stereocenters. The molecule has 7 rings (SSSR count). The number of halogens is 2. The van der Waals surface area contributed by atoms with Gasteiger partial charge in [-0.1, -0.05) is 30.3 Å². The van der Waals surface area contributed by atoms with Crippen molar-refractivity contribution in [1.82, 2.24) is 29.9 Å². The monoisotopic (exact) mass is 515 g/mol. The van der Waals surface area contributed by atoms with Gasteiger partial charge in [0, 0.05) is 36.3 Å². The van der Waals surface area contributed by atoms with E-state index in [2.05, 4.69) is 25.3 Å². The fourth-order valence-corrected chi connectivity index (χ4v) is 5.11. The number of aromatic nitrogens is 5. The summed E-state index contributed by atoms with van der Waals surface area (Å²) in [6.07, 6.45) is 4.88. The molecule has 1 saturated carbocycles. The van der Waals surface area contributed by atoms with Crippen molar-refractivity contribution in [3.05, 3.63) is 72.2 Å². The zero-order valence-electron chi connectivity index (χ0n) is 20.2. The van der Waals surface area contributed by atoms with Crippen molar-refractivity contribution in [3.63, 3.8) is 0 Å². The lowest BCUT2D eigenvalue weighted by molar-refractivity contribution is -0.102. The Balaban J connectivity index is 1.41. The molecule has 5 aromatic rings. The molecule has 1 aliphatic carbocycles. The van der Waals surface area contributed by atoms with Crippen LogP contribution in [-0.2, 0) is 6.54 Å². The number of H-pyrrole nitrogens is 1. The number of carbonyl (C=O) groups excluding carboxylic acids is 1. The van der Waals surface area contributed by atoms with Crippen LogP contribution in [-0.4, -0.2) is 55.6 Å². The van der Waals surface area contributed by atoms with Crippen LogP contribution in [0.1, 0.15) is 28.8 Å². The first-order chi connectivity index (χ1) is 18.5. The Morgan fingerprint density at radius 3 is 2.87 bits per heavy atom. The molecule has 0 radical (unpaired) electrons. The molecular weight excluding hydrogens is 492 g/mol. The lowest BCUT2D eigenvalue weighted by atomic mass is 9.88. The fourth-order valence-electron chi connectivity index (χ4n) is 5.11. The Morgan fingerprint density at radius 1 is 1.21 bits per heavy atom. The van der Waals surface area contributed by atoms with Crippen LogP contribution >= 0.6 is 0 Å². The smallest absolute Gasteiger partial charge is 0.267 e. The molecular formula is C27H23F2N7O2. The van der Waals surface area contributed by atoms with Gasteiger partial charge in [0.15, 0.2) is 17.2 Å². The number of carbonyl (C=O) groups is 1. The largest absolute Gasteiger partial charge is 0.486 e. The van der Waals surface area contributed by atoms with Crippen LogP contribution in [0.2, 0.25) is 0 Å². The highest BCUT2D eigenvalue weighted by Crippen LogP contribution is 2.43. The van der Waals surface area contributed by atoms with Crippen LogP contribution in [0.15, 0.2) is 61.1 Å². The molecule has 2 aliphatic rings. The molecule has 2 N–H and O–H groups in total. The van der Waals surface area contributed by atoms with Crippen LogP contribution in [0.3, 0.4) is 0 Å². The number of benzene rings is 1. The van der Waals surface area contributed by atoms with Gasteiger partial charge < -0.3 is 19.9 Å². The molecule has 1 aliphatic heterocycles. The number of nitrogens with zero attached hydrogens (tertiary/aromatic N) is 5. The van der Waals surface area contributed by atoms with E-state index in [-0.39, 0.29) is 24.1 Å². The molecule has 38 heavy (non-hydrogen) atoms. The number of ether oxygens (including phenoxy) is 1. The topological polar surface area (TPSA) is 100 Å². The Bertz CT molecular complexity index is 1680. The number of fused-ring (bicyclic) bond motifs is 4. The van der Waals surface area contributed by atoms with Crippen LogP contribution in [0, 0.1) is 0 Å². The van der Waals surface area contributed by atoms with Gasteiger partial charge >= 0.3 is 0 Å². The second kappa shape index (κ2) is 8.51. The first kappa shape index (κ1) is 22.6. The predicted molar refractivity (Wildman–Crippen MR) is 136 cm³/mol. The molecule has 0 bridgehead atoms. The minimum absolute atomic E-state index is 0.125. The summed E-state index contributed by atoms with van der Waals surface area (Å²) in [5.74, 6) is -2.36. The van der Waals surface area contributed by atoms with Gasteiger partial charge in [0.2, 0.25) is 0 Å². The maximum absolute atomic E-state index is 13.9. The van der Waals surface area contributed by atoms with E-state index in [1.807, 2.05) is 42.5 Å². The maximum Gasteiger partial charge on any atom is 0.267 e. The fraction of sp³-hybridized carbons (Fsp3) is 0.259. The van der Waals surface area contributed by atoms with E-state index in [4.69, 9.17) is 9.72 Å². The average Bonchev–Trinajstić information content (AvgIpc) is 3.56. The van der Waals surface area contributed by atoms with Crippen LogP contribution in [0.4, 0.5) is 14.6 Å². The van der Waals surface area contributed by atoms with Gasteiger partial charge in [-0.2, -0.15) is 9.61 Å². The number of hydrogen-bond acceptors (Lipinski definition) is 6. The number of anilines is 1. The van der Waals surface area contributed by atoms with Gasteiger partial charge in [0.05, 0.1) is 18.8 Å². The summed E-state index contributed by atoms with van der Waals surface area (Å²) in [6, 6.07) is 12.6. The van der Waals surface area contributed by atoms with Gasteiger partial charge in [-0.15, -0.1) is 0 Å². The van der Waals surface area contributed by atoms with Crippen molar-refractivity contribution < 1.29 is 18.3 Å². The van der Waals surface area contributed by atoms with Gasteiger partial charge in [0.1, 0.15) is 23.5 Å². The third kappa shape index (κ3) is 3.57. The van der Waals surface area contributed by atoms with E-state index in [1.165, 1.54) is 6.20 Å². The van der Waals surface area contributed by atoms with E-state index in [0.717, 1.165) is 16.5 Å². The van der Waals surface area contributed by atoms with Crippen molar-refractivity contribution >= 4 is 28.4 Å². The number of pyridine rings is 1. The summed E-state index contributed by atoms with van der Waals surface area (Å²) in [7, 11) is 0. The molecule has 9 nitrogen and oxygen atoms in total. The number of hydrogen-bond donors (Lipinski definition) is 2. The molecule has 192 valence electrons. The summed E-state index contributed by atoms with van der Waals surface area (Å²) in [5.41, 5.74) is 3.45. The second-order valence-electron chi connectivity index (χ2n) is 9.59. The summed E-state index contributed by atoms with van der Waals surface area (Å²) in [5, 5.41) is 7.80. The maximum atomic E-state index is 13.9. The minimum Gasteiger partial charge on any atom is -0.486 e. The standard InChI is InChI=1S/C27H23F2N7O2/c28-27(29)9-8-20(27)33-25(37)19-14-32-36-24(19)34-21(18-13-31-23-17(18)7-4-10-30-23)22-26(36)35(11-12-38-22)15-16-5-2-1-3-6-16/h1-7,10,13-14,20H,8-9,11-12,15H2,(H,30,31)(H,33,37)/t20-/m0/s1. The summed E-state index contributed by atoms with van der Waals surface area (Å²) < 4.78 is 35.6. The van der Waals surface area contributed by atoms with Crippen molar-refractivity contribution in [2.24, 2.45) is 0 Å². The van der Waals surface area contributed by atoms with Crippen molar-refractivity contribution in [2.75, 3.05) is 18.1 Å². The highest BCUT2D eigenvalue weighted by molar-refractivity contribution is 6.02. The molecule has 1 amide bonds. The number of nitrogens with one attached hydrogen (secondary N) is 2. The zero-order valence-corrected chi connectivity index (χ0v) is 20.2. The molecule has 0 saturated heterocycles. The highest BCUT2D eigenvalue weighted by Gasteiger charge is 2.49. The molecule has 5 heterocycles. The van der Waals surface area contributed by atoms with Crippen molar-refractivity contribution in [3.8, 4) is 17.0 Å². The van der Waals surface area contributed by atoms with Gasteiger partial charge in [0.25, 0.3) is 11.8 Å². The molecule has 4 aromatic heterocycles. The number of alkyl halides is 2. The number of aromatic amines is 1. The van der Waals surface area contributed by atoms with Gasteiger partial charge in [-0.25, -0.2) is 18.7 Å². The minimum atomic E-state index is -2.91. The first-order valence-electron chi connectivity index (χ1n) is 12.4. The van der Waals surface area contributed by atoms with Gasteiger partial charge in [-0.3, -0.25) is 4.79 Å². The SMILES string of the molecule is O=C(N[C@H]1CCC1(F)F)c1cnn2c3c(c(-c4c[nH]c5ncccc45)nc12)OCCN3Cc1ccccc1. The Kier molecular flexibility index (Phi) is 5.07. The molecule has 1 fully saturated rings. The van der Waals surface area contributed by atoms with E-state index in [9.17, 15) is 13.6 Å². The first-order valence-corrected chi connectivity index (χ1v) is 12.4. The summed E-state index contributed by atoms with van der Waals surface area (Å²) >= 11 is 0. The predicted octanol–water partition coefficient (Wildman–Crippen LogP) is 4.20. The van der Waals surface area contributed by atoms with E-state index >= 15 is 0 Å². The second-order valence-corrected chi connectivity index (χ2v) is 9.59. The normalized spacial score (nSPS) is 18.2. The summed E-state index contributed by atoms with van der Waals surface area (Å²) in [6.45, 7) is 1.61. The lowest BCUT2D eigenvalue weighted by Crippen LogP contribution is -2.55. The Hall–Kier alpha value is -4.54. The number of rotatable bonds is 5. The van der Waals surface area contributed by atoms with Crippen LogP contribution in [0.5, 0.6) is 5.75 Å². The quantitative estimate of drug-likeness (QED) is 0.364. The molecule has 11 heteroatoms. The van der Waals surface area contributed by atoms with Gasteiger partial charge in [-0.05, 0) is 24.1 Å². The Morgan fingerprint density at radius 2 is 2.08 bits per heavy atom. The van der Waals surface area contributed by atoms with E-state index < -0.39 is 17.9 Å². The zero-order chi connectivity index (χ0) is 25.9. The molecule has 0 unspecified atom stereocenters. The van der Waals surface area contributed by atoms with Crippen molar-refractivity contribution in [1.29, 1.82) is 0 Å². The third-order valence-corrected chi connectivity index (χ3v) is 7.24. The van der Waals surface area contributed by atoms with E-state index in [0.29, 0.717) is 42.6 Å². The third-order valence-electron chi connectivity index (χ3n) is 7.24. The van der Waals surface area contributed by atoms with Crippen LogP contribution < -0.4 is 15.0 Å². The lowest BCUT2D eigenvalue weighted by Gasteiger charge is -2.36. The summed E-state index contributed by atoms with van der Waals surface area (Å²) in [4.78, 5) is 27.7. The number of amides is 1. The highest BCUT2D eigenvalue weighted by atomic mass is 19.3.